The van der Waals surface area contributed by atoms with Crippen molar-refractivity contribution >= 4 is 79.5 Å². The van der Waals surface area contributed by atoms with E-state index in [0.717, 1.165) is 84.0 Å². The first-order valence-electron chi connectivity index (χ1n) is 35.9. The molecular formula is C76H126CaO6S2. The Kier molecular flexibility index (Phi) is 48.8. The van der Waals surface area contributed by atoms with Crippen molar-refractivity contribution < 1.29 is 25.9 Å². The van der Waals surface area contributed by atoms with Crippen LogP contribution in [0.4, 0.5) is 0 Å². The fraction of sp³-hybridized carbons (Fsp3) is 0.737. The number of aryl methyl sites for hydroxylation is 4. The third-order valence-electron chi connectivity index (χ3n) is 18.0. The van der Waals surface area contributed by atoms with E-state index < -0.39 is 20.2 Å². The first kappa shape index (κ1) is 79.6. The van der Waals surface area contributed by atoms with E-state index in [2.05, 4.69) is 64.1 Å². The number of benzene rings is 4. The fourth-order valence-corrected chi connectivity index (χ4v) is 14.2. The van der Waals surface area contributed by atoms with Gasteiger partial charge in [0.2, 0.25) is 0 Å². The zero-order chi connectivity index (χ0) is 60.6. The third-order valence-corrected chi connectivity index (χ3v) is 19.9. The summed E-state index contributed by atoms with van der Waals surface area (Å²) < 4.78 is 72.9. The van der Waals surface area contributed by atoms with Gasteiger partial charge in [-0.15, -0.1) is 0 Å². The van der Waals surface area contributed by atoms with Crippen molar-refractivity contribution in [2.24, 2.45) is 0 Å². The maximum Gasteiger partial charge on any atom is 2.00 e. The van der Waals surface area contributed by atoms with E-state index >= 15 is 0 Å². The molecule has 0 saturated heterocycles. The maximum atomic E-state index is 12.1. The molecule has 0 amide bonds. The molecule has 4 rings (SSSR count). The van der Waals surface area contributed by atoms with Gasteiger partial charge in [0.05, 0.1) is 9.79 Å². The van der Waals surface area contributed by atoms with E-state index in [-0.39, 0.29) is 47.5 Å². The standard InChI is InChI=1S/2C38H64O3S.Ca/c2*1-3-5-7-9-11-13-15-17-19-21-23-25-27-34-29-30-35-31-32-38(42(39,40)41)36(37(35)33-34)28-26-24-22-20-18-16-14-12-10-8-6-4-2;/h2*29-33H,3-28H2,1-2H3,(H,39,40,41);/q;;+2/p-2. The van der Waals surface area contributed by atoms with Crippen LogP contribution in [0.2, 0.25) is 0 Å². The van der Waals surface area contributed by atoms with Gasteiger partial charge >= 0.3 is 37.7 Å². The van der Waals surface area contributed by atoms with E-state index in [1.54, 1.807) is 12.1 Å². The van der Waals surface area contributed by atoms with Gasteiger partial charge in [-0.05, 0) is 107 Å². The van der Waals surface area contributed by atoms with Crippen LogP contribution in [-0.2, 0) is 45.9 Å². The molecule has 0 saturated carbocycles. The van der Waals surface area contributed by atoms with Crippen molar-refractivity contribution in [2.45, 2.75) is 371 Å². The summed E-state index contributed by atoms with van der Waals surface area (Å²) >= 11 is 0. The van der Waals surface area contributed by atoms with Gasteiger partial charge in [-0.3, -0.25) is 0 Å². The summed E-state index contributed by atoms with van der Waals surface area (Å²) in [6, 6.07) is 19.6. The molecule has 9 heteroatoms. The average molecular weight is 1240 g/mol. The molecule has 480 valence electrons. The van der Waals surface area contributed by atoms with Gasteiger partial charge in [-0.1, -0.05) is 359 Å². The molecule has 0 aromatic heterocycles. The molecule has 4 aromatic rings. The zero-order valence-electron chi connectivity index (χ0n) is 55.5. The minimum atomic E-state index is -4.49. The van der Waals surface area contributed by atoms with E-state index in [0.29, 0.717) is 12.8 Å². The molecule has 6 nitrogen and oxygen atoms in total. The SMILES string of the molecule is CCCCCCCCCCCCCCc1ccc2ccc(S(=O)(=O)[O-])c(CCCCCCCCCCCCCC)c2c1.CCCCCCCCCCCCCCc1ccc2ccc(S(=O)(=O)[O-])c(CCCCCCCCCCCCCC)c2c1.[Ca+2]. The quantitative estimate of drug-likeness (QED) is 0.0247. The van der Waals surface area contributed by atoms with Crippen LogP contribution in [0.1, 0.15) is 358 Å². The second-order valence-electron chi connectivity index (χ2n) is 25.7. The predicted octanol–water partition coefficient (Wildman–Crippen LogP) is 24.1. The van der Waals surface area contributed by atoms with Crippen LogP contribution in [0.15, 0.2) is 70.5 Å². The van der Waals surface area contributed by atoms with Crippen molar-refractivity contribution in [1.29, 1.82) is 0 Å². The topological polar surface area (TPSA) is 114 Å². The molecule has 0 unspecified atom stereocenters. The molecule has 0 aliphatic heterocycles. The monoisotopic (exact) mass is 1240 g/mol. The van der Waals surface area contributed by atoms with Crippen LogP contribution in [0.25, 0.3) is 21.5 Å². The van der Waals surface area contributed by atoms with Crippen LogP contribution < -0.4 is 0 Å². The Morgan fingerprint density at radius 1 is 0.259 bits per heavy atom. The van der Waals surface area contributed by atoms with Crippen molar-refractivity contribution in [3.05, 3.63) is 82.9 Å². The minimum absolute atomic E-state index is 0. The number of hydrogen-bond acceptors (Lipinski definition) is 6. The smallest absolute Gasteiger partial charge is 0.744 e. The Morgan fingerprint density at radius 2 is 0.447 bits per heavy atom. The molecule has 0 atom stereocenters. The Balaban J connectivity index is 0.000000573. The number of unbranched alkanes of at least 4 members (excludes halogenated alkanes) is 44. The maximum absolute atomic E-state index is 12.1. The summed E-state index contributed by atoms with van der Waals surface area (Å²) in [6.45, 7) is 9.07. The van der Waals surface area contributed by atoms with E-state index in [1.807, 2.05) is 0 Å². The summed E-state index contributed by atoms with van der Waals surface area (Å²) in [5.41, 5.74) is 3.99. The minimum Gasteiger partial charge on any atom is -0.744 e. The molecular weight excluding hydrogens is 1110 g/mol. The molecule has 0 bridgehead atoms. The Morgan fingerprint density at radius 3 is 0.659 bits per heavy atom. The second-order valence-corrected chi connectivity index (χ2v) is 28.4. The molecule has 0 aliphatic carbocycles. The van der Waals surface area contributed by atoms with Gasteiger partial charge in [-0.2, -0.15) is 0 Å². The van der Waals surface area contributed by atoms with Gasteiger partial charge in [0.15, 0.2) is 0 Å². The molecule has 0 aliphatic rings. The van der Waals surface area contributed by atoms with E-state index in [1.165, 1.54) is 293 Å². The van der Waals surface area contributed by atoms with Crippen LogP contribution >= 0.6 is 0 Å². The second kappa shape index (κ2) is 52.1. The predicted molar refractivity (Wildman–Crippen MR) is 369 cm³/mol. The van der Waals surface area contributed by atoms with Crippen molar-refractivity contribution in [3.63, 3.8) is 0 Å². The number of fused-ring (bicyclic) bond motifs is 2. The first-order chi connectivity index (χ1) is 40.9. The number of hydrogen-bond donors (Lipinski definition) is 0. The van der Waals surface area contributed by atoms with Crippen LogP contribution in [0.5, 0.6) is 0 Å². The summed E-state index contributed by atoms with van der Waals surface area (Å²) in [4.78, 5) is -0.0267. The zero-order valence-corrected chi connectivity index (χ0v) is 59.4. The van der Waals surface area contributed by atoms with Crippen LogP contribution in [-0.4, -0.2) is 63.7 Å². The summed E-state index contributed by atoms with van der Waals surface area (Å²) in [5.74, 6) is 0. The average Bonchev–Trinajstić information content (AvgIpc) is 3.56. The third kappa shape index (κ3) is 38.1. The molecule has 0 radical (unpaired) electrons. The fourth-order valence-electron chi connectivity index (χ4n) is 12.7. The summed E-state index contributed by atoms with van der Waals surface area (Å²) in [7, 11) is -8.99. The molecule has 0 N–H and O–H groups in total. The van der Waals surface area contributed by atoms with Gasteiger partial charge < -0.3 is 9.11 Å². The Hall–Kier alpha value is -1.52. The van der Waals surface area contributed by atoms with Crippen LogP contribution in [0.3, 0.4) is 0 Å². The van der Waals surface area contributed by atoms with Gasteiger partial charge in [-0.25, -0.2) is 16.8 Å². The molecule has 0 fully saturated rings. The van der Waals surface area contributed by atoms with Gasteiger partial charge in [0.1, 0.15) is 20.2 Å². The molecule has 0 spiro atoms. The van der Waals surface area contributed by atoms with E-state index in [9.17, 15) is 25.9 Å². The number of rotatable bonds is 54. The van der Waals surface area contributed by atoms with Crippen LogP contribution in [0, 0.1) is 0 Å². The molecule has 0 heterocycles. The largest absolute Gasteiger partial charge is 2.00 e. The molecule has 4 aromatic carbocycles. The normalized spacial score (nSPS) is 11.8. The van der Waals surface area contributed by atoms with Gasteiger partial charge in [0, 0.05) is 0 Å². The molecule has 85 heavy (non-hydrogen) atoms. The Bertz CT molecular complexity index is 2300. The Labute approximate surface area is 555 Å². The van der Waals surface area contributed by atoms with Crippen molar-refractivity contribution in [3.8, 4) is 0 Å². The summed E-state index contributed by atoms with van der Waals surface area (Å²) in [6.07, 6.45) is 66.0. The first-order valence-corrected chi connectivity index (χ1v) is 38.8. The van der Waals surface area contributed by atoms with Crippen molar-refractivity contribution in [1.82, 2.24) is 0 Å². The van der Waals surface area contributed by atoms with E-state index in [4.69, 9.17) is 0 Å². The van der Waals surface area contributed by atoms with Gasteiger partial charge in [0.25, 0.3) is 0 Å². The van der Waals surface area contributed by atoms with Crippen molar-refractivity contribution in [2.75, 3.05) is 0 Å². The summed E-state index contributed by atoms with van der Waals surface area (Å²) in [5, 5.41) is 4.00.